The van der Waals surface area contributed by atoms with E-state index >= 15 is 0 Å². The maximum atomic E-state index is 11.5. The molecule has 0 spiro atoms. The van der Waals surface area contributed by atoms with Gasteiger partial charge in [0.2, 0.25) is 0 Å². The van der Waals surface area contributed by atoms with Gasteiger partial charge in [0.25, 0.3) is 9.05 Å². The third kappa shape index (κ3) is 3.90. The zero-order valence-corrected chi connectivity index (χ0v) is 13.8. The molecule has 114 valence electrons. The first-order valence-corrected chi connectivity index (χ1v) is 8.88. The van der Waals surface area contributed by atoms with Crippen LogP contribution in [0.4, 0.5) is 0 Å². The summed E-state index contributed by atoms with van der Waals surface area (Å²) in [4.78, 5) is -0.144. The molecule has 0 amide bonds. The molecule has 0 aliphatic rings. The third-order valence-electron chi connectivity index (χ3n) is 2.93. The first-order chi connectivity index (χ1) is 9.81. The summed E-state index contributed by atoms with van der Waals surface area (Å²) < 4.78 is 30.3. The van der Waals surface area contributed by atoms with Gasteiger partial charge in [-0.25, -0.2) is 8.42 Å². The third-order valence-corrected chi connectivity index (χ3v) is 4.51. The van der Waals surface area contributed by atoms with E-state index in [1.807, 2.05) is 13.0 Å². The van der Waals surface area contributed by atoms with E-state index in [0.29, 0.717) is 0 Å². The van der Waals surface area contributed by atoms with Crippen molar-refractivity contribution >= 4 is 31.3 Å². The summed E-state index contributed by atoms with van der Waals surface area (Å²) in [6.45, 7) is 2.19. The van der Waals surface area contributed by atoms with Crippen molar-refractivity contribution < 1.29 is 13.2 Å². The topological polar surface area (TPSA) is 61.2 Å². The zero-order chi connectivity index (χ0) is 15.6. The summed E-state index contributed by atoms with van der Waals surface area (Å²) >= 11 is 5.79. The molecule has 2 rings (SSSR count). The van der Waals surface area contributed by atoms with Crippen LogP contribution in [0.2, 0.25) is 5.02 Å². The average Bonchev–Trinajstić information content (AvgIpc) is 2.77. The summed E-state index contributed by atoms with van der Waals surface area (Å²) in [5.74, 6) is 0.161. The van der Waals surface area contributed by atoms with Crippen molar-refractivity contribution in [1.29, 1.82) is 0 Å². The lowest BCUT2D eigenvalue weighted by molar-refractivity contribution is 0.287. The summed E-state index contributed by atoms with van der Waals surface area (Å²) in [6.07, 6.45) is 0.816. The van der Waals surface area contributed by atoms with E-state index < -0.39 is 9.05 Å². The van der Waals surface area contributed by atoms with Gasteiger partial charge in [-0.05, 0) is 30.7 Å². The minimum Gasteiger partial charge on any atom is -0.486 e. The molecule has 2 aromatic rings. The van der Waals surface area contributed by atoms with Gasteiger partial charge in [0.1, 0.15) is 17.3 Å². The Morgan fingerprint density at radius 3 is 2.62 bits per heavy atom. The summed E-state index contributed by atoms with van der Waals surface area (Å²) in [5.41, 5.74) is 1.78. The lowest BCUT2D eigenvalue weighted by Crippen LogP contribution is -2.05. The van der Waals surface area contributed by atoms with E-state index in [-0.39, 0.29) is 22.3 Å². The molecule has 0 aliphatic carbocycles. The maximum absolute atomic E-state index is 11.5. The van der Waals surface area contributed by atoms with Crippen LogP contribution >= 0.6 is 22.3 Å². The van der Waals surface area contributed by atoms with Crippen molar-refractivity contribution in [2.24, 2.45) is 7.05 Å². The summed E-state index contributed by atoms with van der Waals surface area (Å²) in [7, 11) is 3.27. The Labute approximate surface area is 132 Å². The van der Waals surface area contributed by atoms with Crippen LogP contribution in [0.15, 0.2) is 29.2 Å². The Morgan fingerprint density at radius 1 is 1.33 bits per heavy atom. The molecule has 8 heteroatoms. The van der Waals surface area contributed by atoms with Crippen LogP contribution in [0, 0.1) is 0 Å². The second kappa shape index (κ2) is 6.25. The number of nitrogens with zero attached hydrogens (tertiary/aromatic N) is 2. The second-order valence-corrected chi connectivity index (χ2v) is 7.39. The first kappa shape index (κ1) is 16.1. The monoisotopic (exact) mass is 348 g/mol. The van der Waals surface area contributed by atoms with Gasteiger partial charge in [-0.2, -0.15) is 5.10 Å². The van der Waals surface area contributed by atoms with Gasteiger partial charge in [0.15, 0.2) is 0 Å². The minimum atomic E-state index is -3.93. The highest BCUT2D eigenvalue weighted by Gasteiger charge is 2.18. The number of aromatic nitrogens is 2. The van der Waals surface area contributed by atoms with Crippen LogP contribution < -0.4 is 4.74 Å². The largest absolute Gasteiger partial charge is 0.486 e. The number of hydrogen-bond acceptors (Lipinski definition) is 4. The molecule has 0 atom stereocenters. The Kier molecular flexibility index (Phi) is 4.81. The minimum absolute atomic E-state index is 0.144. The predicted octanol–water partition coefficient (Wildman–Crippen LogP) is 3.14. The fourth-order valence-corrected chi connectivity index (χ4v) is 3.06. The van der Waals surface area contributed by atoms with Gasteiger partial charge >= 0.3 is 0 Å². The fraction of sp³-hybridized carbons (Fsp3) is 0.308. The summed E-state index contributed by atoms with van der Waals surface area (Å²) in [6, 6.07) is 6.20. The van der Waals surface area contributed by atoms with Crippen molar-refractivity contribution in [3.8, 4) is 5.75 Å². The second-order valence-electron chi connectivity index (χ2n) is 4.42. The Bertz CT molecular complexity index is 757. The van der Waals surface area contributed by atoms with E-state index in [1.54, 1.807) is 17.8 Å². The molecule has 1 aromatic heterocycles. The van der Waals surface area contributed by atoms with E-state index in [1.165, 1.54) is 12.1 Å². The molecular weight excluding hydrogens is 335 g/mol. The molecule has 1 heterocycles. The van der Waals surface area contributed by atoms with Crippen LogP contribution in [-0.4, -0.2) is 18.2 Å². The van der Waals surface area contributed by atoms with Gasteiger partial charge in [0, 0.05) is 22.8 Å². The van der Waals surface area contributed by atoms with E-state index in [9.17, 15) is 8.42 Å². The molecule has 0 aliphatic heterocycles. The Morgan fingerprint density at radius 2 is 2.05 bits per heavy atom. The van der Waals surface area contributed by atoms with Crippen LogP contribution in [0.25, 0.3) is 0 Å². The van der Waals surface area contributed by atoms with Crippen LogP contribution in [0.5, 0.6) is 5.75 Å². The Hall–Kier alpha value is -1.24. The fourth-order valence-electron chi connectivity index (χ4n) is 1.82. The Balaban J connectivity index is 2.26. The SMILES string of the molecule is CCc1cc(COc2ccc(Cl)cc2S(=O)(=O)Cl)n(C)n1. The molecule has 21 heavy (non-hydrogen) atoms. The molecule has 0 fully saturated rings. The van der Waals surface area contributed by atoms with Crippen LogP contribution in [0.1, 0.15) is 18.3 Å². The first-order valence-electron chi connectivity index (χ1n) is 6.20. The number of hydrogen-bond donors (Lipinski definition) is 0. The highest BCUT2D eigenvalue weighted by molar-refractivity contribution is 8.13. The van der Waals surface area contributed by atoms with Gasteiger partial charge in [-0.15, -0.1) is 0 Å². The quantitative estimate of drug-likeness (QED) is 0.778. The van der Waals surface area contributed by atoms with Gasteiger partial charge in [0.05, 0.1) is 11.4 Å². The highest BCUT2D eigenvalue weighted by atomic mass is 35.7. The molecule has 0 unspecified atom stereocenters. The number of halogens is 2. The molecular formula is C13H14Cl2N2O3S. The van der Waals surface area contributed by atoms with Crippen molar-refractivity contribution in [2.75, 3.05) is 0 Å². The van der Waals surface area contributed by atoms with Gasteiger partial charge < -0.3 is 4.74 Å². The van der Waals surface area contributed by atoms with Crippen molar-refractivity contribution in [2.45, 2.75) is 24.8 Å². The lowest BCUT2D eigenvalue weighted by Gasteiger charge is -2.10. The number of aryl methyl sites for hydroxylation is 2. The normalized spacial score (nSPS) is 11.6. The lowest BCUT2D eigenvalue weighted by atomic mass is 10.3. The predicted molar refractivity (Wildman–Crippen MR) is 81.4 cm³/mol. The smallest absolute Gasteiger partial charge is 0.265 e. The van der Waals surface area contributed by atoms with Crippen molar-refractivity contribution in [3.05, 3.63) is 40.7 Å². The number of benzene rings is 1. The summed E-state index contributed by atoms with van der Waals surface area (Å²) in [5, 5.41) is 4.57. The molecule has 0 bridgehead atoms. The average molecular weight is 349 g/mol. The number of rotatable bonds is 5. The standard InChI is InChI=1S/C13H14Cl2N2O3S/c1-3-10-7-11(17(2)16-10)8-20-12-5-4-9(14)6-13(12)21(15,18)19/h4-7H,3,8H2,1-2H3. The van der Waals surface area contributed by atoms with E-state index in [0.717, 1.165) is 17.8 Å². The zero-order valence-electron chi connectivity index (χ0n) is 11.5. The molecule has 0 N–H and O–H groups in total. The van der Waals surface area contributed by atoms with E-state index in [2.05, 4.69) is 5.10 Å². The molecule has 1 aromatic carbocycles. The van der Waals surface area contributed by atoms with Gasteiger partial charge in [-0.3, -0.25) is 4.68 Å². The van der Waals surface area contributed by atoms with Crippen LogP contribution in [-0.2, 0) is 29.1 Å². The van der Waals surface area contributed by atoms with Crippen molar-refractivity contribution in [3.63, 3.8) is 0 Å². The molecule has 0 saturated carbocycles. The molecule has 0 radical (unpaired) electrons. The molecule has 0 saturated heterocycles. The number of ether oxygens (including phenoxy) is 1. The van der Waals surface area contributed by atoms with Gasteiger partial charge in [-0.1, -0.05) is 18.5 Å². The highest BCUT2D eigenvalue weighted by Crippen LogP contribution is 2.30. The maximum Gasteiger partial charge on any atom is 0.265 e. The molecule has 5 nitrogen and oxygen atoms in total. The van der Waals surface area contributed by atoms with E-state index in [4.69, 9.17) is 27.0 Å². The van der Waals surface area contributed by atoms with Crippen molar-refractivity contribution in [1.82, 2.24) is 9.78 Å². The van der Waals surface area contributed by atoms with Crippen LogP contribution in [0.3, 0.4) is 0 Å².